The van der Waals surface area contributed by atoms with Crippen molar-refractivity contribution < 1.29 is 14.6 Å². The highest BCUT2D eigenvalue weighted by Crippen LogP contribution is 2.27. The third-order valence-electron chi connectivity index (χ3n) is 3.24. The summed E-state index contributed by atoms with van der Waals surface area (Å²) < 4.78 is 13.0. The zero-order valence-electron chi connectivity index (χ0n) is 12.6. The van der Waals surface area contributed by atoms with Crippen molar-refractivity contribution in [1.82, 2.24) is 9.78 Å². The van der Waals surface area contributed by atoms with Crippen molar-refractivity contribution in [2.24, 2.45) is 0 Å². The summed E-state index contributed by atoms with van der Waals surface area (Å²) in [6.07, 6.45) is 1.90. The monoisotopic (exact) mass is 310 g/mol. The average Bonchev–Trinajstić information content (AvgIpc) is 3.08. The molecule has 0 saturated heterocycles. The molecule has 5 heteroatoms. The Morgan fingerprint density at radius 3 is 2.30 bits per heavy atom. The predicted octanol–water partition coefficient (Wildman–Crippen LogP) is 2.82. The molecular formula is C18H18N2O3. The van der Waals surface area contributed by atoms with Crippen molar-refractivity contribution >= 4 is 0 Å². The molecule has 1 heterocycles. The van der Waals surface area contributed by atoms with E-state index in [2.05, 4.69) is 5.10 Å². The van der Waals surface area contributed by atoms with Gasteiger partial charge in [0.15, 0.2) is 11.5 Å². The van der Waals surface area contributed by atoms with Crippen LogP contribution in [0, 0.1) is 0 Å². The van der Waals surface area contributed by atoms with Crippen LogP contribution in [0.4, 0.5) is 0 Å². The zero-order chi connectivity index (χ0) is 15.9. The Morgan fingerprint density at radius 1 is 0.870 bits per heavy atom. The Labute approximate surface area is 134 Å². The summed E-state index contributed by atoms with van der Waals surface area (Å²) in [6.45, 7) is 0.554. The van der Waals surface area contributed by atoms with Crippen molar-refractivity contribution in [1.29, 1.82) is 0 Å². The van der Waals surface area contributed by atoms with Gasteiger partial charge in [0.05, 0.1) is 12.3 Å². The van der Waals surface area contributed by atoms with Crippen LogP contribution in [0.15, 0.2) is 66.9 Å². The average molecular weight is 310 g/mol. The van der Waals surface area contributed by atoms with Gasteiger partial charge in [0, 0.05) is 6.20 Å². The lowest BCUT2D eigenvalue weighted by molar-refractivity contribution is 0.192. The van der Waals surface area contributed by atoms with Crippen LogP contribution in [0.5, 0.6) is 11.5 Å². The summed E-state index contributed by atoms with van der Waals surface area (Å²) in [4.78, 5) is 0. The second-order valence-corrected chi connectivity index (χ2v) is 4.89. The second-order valence-electron chi connectivity index (χ2n) is 4.89. The van der Waals surface area contributed by atoms with Crippen LogP contribution in [0.2, 0.25) is 0 Å². The van der Waals surface area contributed by atoms with Crippen LogP contribution in [0.3, 0.4) is 0 Å². The summed E-state index contributed by atoms with van der Waals surface area (Å²) in [5, 5.41) is 13.4. The molecule has 3 rings (SSSR count). The minimum absolute atomic E-state index is 0.0319. The van der Waals surface area contributed by atoms with Crippen LogP contribution in [0.1, 0.15) is 5.69 Å². The molecule has 0 aliphatic carbocycles. The minimum atomic E-state index is -0.0319. The third kappa shape index (κ3) is 3.90. The van der Waals surface area contributed by atoms with E-state index in [9.17, 15) is 0 Å². The Morgan fingerprint density at radius 2 is 1.57 bits per heavy atom. The summed E-state index contributed by atoms with van der Waals surface area (Å²) in [5.74, 6) is 1.25. The topological polar surface area (TPSA) is 56.5 Å². The molecule has 0 aliphatic heterocycles. The van der Waals surface area contributed by atoms with E-state index in [-0.39, 0.29) is 13.2 Å². The maximum atomic E-state index is 8.86. The highest BCUT2D eigenvalue weighted by atomic mass is 16.5. The molecule has 1 aromatic heterocycles. The van der Waals surface area contributed by atoms with Crippen molar-refractivity contribution in [3.05, 3.63) is 72.6 Å². The Kier molecular flexibility index (Phi) is 4.91. The number of rotatable bonds is 7. The van der Waals surface area contributed by atoms with Crippen molar-refractivity contribution in [2.45, 2.75) is 6.61 Å². The number of aliphatic hydroxyl groups is 1. The van der Waals surface area contributed by atoms with Gasteiger partial charge in [-0.15, -0.1) is 0 Å². The van der Waals surface area contributed by atoms with E-state index in [0.29, 0.717) is 18.1 Å². The van der Waals surface area contributed by atoms with E-state index in [1.165, 1.54) is 0 Å². The van der Waals surface area contributed by atoms with E-state index < -0.39 is 0 Å². The molecule has 0 saturated carbocycles. The largest absolute Gasteiger partial charge is 0.487 e. The molecule has 0 unspecified atom stereocenters. The van der Waals surface area contributed by atoms with Crippen molar-refractivity contribution in [3.63, 3.8) is 0 Å². The van der Waals surface area contributed by atoms with Gasteiger partial charge in [0.25, 0.3) is 0 Å². The number of hydrogen-bond acceptors (Lipinski definition) is 4. The molecule has 0 spiro atoms. The molecule has 5 nitrogen and oxygen atoms in total. The molecule has 0 radical (unpaired) electrons. The fraction of sp³-hybridized carbons (Fsp3) is 0.167. The first-order chi connectivity index (χ1) is 11.4. The molecule has 23 heavy (non-hydrogen) atoms. The normalized spacial score (nSPS) is 10.5. The molecule has 0 fully saturated rings. The van der Waals surface area contributed by atoms with Gasteiger partial charge in [-0.2, -0.15) is 5.10 Å². The molecule has 0 aliphatic rings. The first-order valence-electron chi connectivity index (χ1n) is 7.42. The van der Waals surface area contributed by atoms with Crippen LogP contribution in [-0.4, -0.2) is 28.1 Å². The summed E-state index contributed by atoms with van der Waals surface area (Å²) in [5.41, 5.74) is 1.83. The molecule has 3 aromatic rings. The summed E-state index contributed by atoms with van der Waals surface area (Å²) in [6, 6.07) is 19.2. The number of aromatic nitrogens is 2. The zero-order valence-corrected chi connectivity index (χ0v) is 12.6. The molecule has 1 N–H and O–H groups in total. The van der Waals surface area contributed by atoms with E-state index in [1.807, 2.05) is 71.5 Å². The summed E-state index contributed by atoms with van der Waals surface area (Å²) >= 11 is 0. The number of ether oxygens (including phenoxy) is 2. The van der Waals surface area contributed by atoms with E-state index in [0.717, 1.165) is 11.4 Å². The summed E-state index contributed by atoms with van der Waals surface area (Å²) in [7, 11) is 0. The first kappa shape index (κ1) is 15.1. The van der Waals surface area contributed by atoms with Gasteiger partial charge >= 0.3 is 0 Å². The van der Waals surface area contributed by atoms with E-state index in [1.54, 1.807) is 0 Å². The molecular weight excluding hydrogens is 292 g/mol. The van der Waals surface area contributed by atoms with Gasteiger partial charge in [-0.25, -0.2) is 4.68 Å². The minimum Gasteiger partial charge on any atom is -0.487 e. The second kappa shape index (κ2) is 7.47. The van der Waals surface area contributed by atoms with Gasteiger partial charge < -0.3 is 14.6 Å². The smallest absolute Gasteiger partial charge is 0.161 e. The van der Waals surface area contributed by atoms with Crippen LogP contribution < -0.4 is 9.47 Å². The fourth-order valence-electron chi connectivity index (χ4n) is 2.16. The Balaban J connectivity index is 1.66. The van der Waals surface area contributed by atoms with Crippen molar-refractivity contribution in [2.75, 3.05) is 13.2 Å². The highest BCUT2D eigenvalue weighted by molar-refractivity contribution is 5.39. The van der Waals surface area contributed by atoms with Crippen LogP contribution in [0.25, 0.3) is 5.69 Å². The van der Waals surface area contributed by atoms with Crippen LogP contribution >= 0.6 is 0 Å². The standard InChI is InChI=1S/C18H18N2O3/c21-12-13-22-17-8-4-5-9-18(17)23-14-15-10-11-20(19-15)16-6-2-1-3-7-16/h1-11,21H,12-14H2. The lowest BCUT2D eigenvalue weighted by atomic mass is 10.3. The SMILES string of the molecule is OCCOc1ccccc1OCc1ccn(-c2ccccc2)n1. The van der Waals surface area contributed by atoms with E-state index in [4.69, 9.17) is 14.6 Å². The number of nitrogens with zero attached hydrogens (tertiary/aromatic N) is 2. The maximum absolute atomic E-state index is 8.86. The number of hydrogen-bond donors (Lipinski definition) is 1. The molecule has 0 bridgehead atoms. The number of aliphatic hydroxyl groups excluding tert-OH is 1. The number of para-hydroxylation sites is 3. The van der Waals surface area contributed by atoms with Gasteiger partial charge in [0.1, 0.15) is 18.9 Å². The van der Waals surface area contributed by atoms with Gasteiger partial charge in [0.2, 0.25) is 0 Å². The molecule has 0 amide bonds. The highest BCUT2D eigenvalue weighted by Gasteiger charge is 2.06. The molecule has 2 aromatic carbocycles. The third-order valence-corrected chi connectivity index (χ3v) is 3.24. The van der Waals surface area contributed by atoms with E-state index >= 15 is 0 Å². The Hall–Kier alpha value is -2.79. The van der Waals surface area contributed by atoms with Crippen molar-refractivity contribution in [3.8, 4) is 17.2 Å². The predicted molar refractivity (Wildman–Crippen MR) is 86.9 cm³/mol. The number of benzene rings is 2. The lowest BCUT2D eigenvalue weighted by Crippen LogP contribution is -2.04. The van der Waals surface area contributed by atoms with Gasteiger partial charge in [-0.3, -0.25) is 0 Å². The Bertz CT molecular complexity index is 741. The van der Waals surface area contributed by atoms with Gasteiger partial charge in [-0.05, 0) is 30.3 Å². The fourth-order valence-corrected chi connectivity index (χ4v) is 2.16. The first-order valence-corrected chi connectivity index (χ1v) is 7.42. The molecule has 0 atom stereocenters. The van der Waals surface area contributed by atoms with Crippen LogP contribution in [-0.2, 0) is 6.61 Å². The van der Waals surface area contributed by atoms with Gasteiger partial charge in [-0.1, -0.05) is 30.3 Å². The quantitative estimate of drug-likeness (QED) is 0.729. The maximum Gasteiger partial charge on any atom is 0.161 e. The lowest BCUT2D eigenvalue weighted by Gasteiger charge is -2.11. The molecule has 118 valence electrons.